The monoisotopic (exact) mass is 2070 g/mol. The molecule has 0 bridgehead atoms. The molecule has 5 N–H and O–H groups in total. The summed E-state index contributed by atoms with van der Waals surface area (Å²) in [6, 6.07) is 89.5. The Bertz CT molecular complexity index is 6430. The molecule has 0 radical (unpaired) electrons. The molecule has 0 aliphatic carbocycles. The zero-order valence-corrected chi connectivity index (χ0v) is 81.7. The largest absolute Gasteiger partial charge is 0.398 e. The molecule has 14 aromatic carbocycles. The molecule has 2 fully saturated rings. The predicted molar refractivity (Wildman–Crippen MR) is 542 cm³/mol. The highest BCUT2D eigenvalue weighted by Crippen LogP contribution is 2.61. The van der Waals surface area contributed by atoms with Crippen LogP contribution < -0.4 is 21.7 Å². The van der Waals surface area contributed by atoms with E-state index in [-0.39, 0.29) is 63.1 Å². The average Bonchev–Trinajstić information content (AvgIpc) is 1.68. The highest BCUT2D eigenvalue weighted by atomic mass is 36.0. The second-order valence-electron chi connectivity index (χ2n) is 28.5. The highest BCUT2D eigenvalue weighted by Gasteiger charge is 2.26. The number of nitrogen functional groups attached to an aromatic ring is 1. The number of amides is 2. The summed E-state index contributed by atoms with van der Waals surface area (Å²) in [6.07, 6.45) is 7.84. The number of nitro groups is 2. The predicted octanol–water partition coefficient (Wildman–Crippen LogP) is 32.3. The van der Waals surface area contributed by atoms with Crippen molar-refractivity contribution in [2.45, 2.75) is 109 Å². The number of nitrogens with zero attached hydrogens (tertiary/aromatic N) is 5. The lowest BCUT2D eigenvalue weighted by atomic mass is 10.1. The van der Waals surface area contributed by atoms with Gasteiger partial charge in [0.15, 0.2) is 0 Å². The Labute approximate surface area is 831 Å². The average molecular weight is 2080 g/mol. The van der Waals surface area contributed by atoms with E-state index < -0.39 is 20.9 Å². The van der Waals surface area contributed by atoms with E-state index in [1.54, 1.807) is 121 Å². The SMILES string of the molecule is C1CCNCC1.CC(=O)Nc1ccccc1Sc1ccc(F)cc1.Fc1ccc(S)cc1.Fc1ccc2c(c1)C(Cl)=Nc1ccccc1S2.Fc1ccc2c(c1)C(N1CCCCC1)=Nc1ccccc1S2.Nc1ccccc1Sc1ccc(F)cc1.O=C1Nc2ccccc2Sc2ccc(F)cc21.O=P(Cl)(Cl)Cl.O=[N+]([O-])c1ccccc1Cl.O=[N+]([O-])c1ccccc1Sc1ccc(F)cc1. The van der Waals surface area contributed by atoms with Gasteiger partial charge in [-0.05, 0) is 303 Å². The van der Waals surface area contributed by atoms with Crippen LogP contribution >= 0.6 is 145 Å². The molecule has 19 rings (SSSR count). The van der Waals surface area contributed by atoms with E-state index in [9.17, 15) is 65.1 Å². The fraction of sp³-hybridized carbons (Fsp3) is 0.111. The van der Waals surface area contributed by atoms with Gasteiger partial charge in [0.05, 0.1) is 43.1 Å². The topological polar surface area (TPSA) is 228 Å². The van der Waals surface area contributed by atoms with Gasteiger partial charge in [-0.1, -0.05) is 185 Å². The van der Waals surface area contributed by atoms with Crippen LogP contribution in [0.3, 0.4) is 0 Å². The van der Waals surface area contributed by atoms with Gasteiger partial charge < -0.3 is 26.6 Å². The van der Waals surface area contributed by atoms with Gasteiger partial charge in [0.25, 0.3) is 17.3 Å². The van der Waals surface area contributed by atoms with Gasteiger partial charge in [0, 0.05) is 108 Å². The molecule has 135 heavy (non-hydrogen) atoms. The lowest BCUT2D eigenvalue weighted by Crippen LogP contribution is -2.36. The standard InChI is InChI=1S/C18H17FN2S.C14H12FNOS.C13H7ClFNS.C13H8FNOS.C12H8FNO2S.C12H10FNS.C6H4ClNO2.C6H5FS.C5H11N.Cl3OP/c19-13-8-9-16-14(12-13)18(21-10-4-1-5-11-21)20-15-6-2-3-7-17(15)22-16;1-10(17)16-13-4-2-3-5-14(13)18-12-8-6-11(15)7-9-12;14-13-9-7-8(15)5-6-11(9)17-12-4-2-1-3-10(12)16-13;14-8-5-6-11-9(7-8)13(16)15-10-3-1-2-4-12(10)17-11;13-9-5-7-10(8-6-9)17-12-4-2-1-3-11(12)14(15)16;13-9-5-7-10(8-6-9)15-12-4-2-1-3-11(12)14;7-5-3-1-2-4-6(5)8(9)10;7-5-1-3-6(8)4-2-5;1-2-4-6-5-3-1;1-5(2,3)4/h2-3,6-9,12H,1,4-5,10-11H2;2-9H,1H3,(H,16,17);1-7H;1-7H,(H,15,16);1-8H;1-8H,14H2;1-4H;1-4,8H;6H,1-5H2;. The van der Waals surface area contributed by atoms with E-state index in [1.165, 1.54) is 203 Å². The van der Waals surface area contributed by atoms with Gasteiger partial charge in [0.1, 0.15) is 56.7 Å². The minimum atomic E-state index is -3.22. The third kappa shape index (κ3) is 36.4. The summed E-state index contributed by atoms with van der Waals surface area (Å²) in [7, 11) is 0. The zero-order valence-electron chi connectivity index (χ0n) is 71.2. The number of fused-ring (bicyclic) bond motifs is 6. The quantitative estimate of drug-likeness (QED) is 0.0226. The Hall–Kier alpha value is -10.6. The number of amidine groups is 1. The molecule has 0 saturated carbocycles. The van der Waals surface area contributed by atoms with Crippen LogP contribution in [0.15, 0.2) is 395 Å². The number of carbonyl (C=O) groups excluding carboxylic acids is 2. The van der Waals surface area contributed by atoms with Crippen LogP contribution in [0.1, 0.15) is 66.9 Å². The number of carbonyl (C=O) groups is 2. The van der Waals surface area contributed by atoms with Crippen molar-refractivity contribution in [3.8, 4) is 0 Å². The molecular formula is C99H82Cl5F7N9O7PS7. The van der Waals surface area contributed by atoms with Crippen LogP contribution in [0.25, 0.3) is 0 Å². The van der Waals surface area contributed by atoms with E-state index in [4.69, 9.17) is 33.9 Å². The van der Waals surface area contributed by atoms with Crippen LogP contribution in [-0.2, 0) is 9.36 Å². The van der Waals surface area contributed by atoms with Crippen molar-refractivity contribution in [3.63, 3.8) is 0 Å². The number of nitro benzene ring substituents is 2. The normalized spacial score (nSPS) is 12.7. The van der Waals surface area contributed by atoms with E-state index >= 15 is 0 Å². The number of thiol groups is 1. The van der Waals surface area contributed by atoms with Crippen LogP contribution in [-0.4, -0.2) is 63.7 Å². The number of piperidine rings is 2. The third-order valence-electron chi connectivity index (χ3n) is 18.5. The second-order valence-corrected chi connectivity index (χ2v) is 43.0. The van der Waals surface area contributed by atoms with Gasteiger partial charge >= 0.3 is 5.20 Å². The van der Waals surface area contributed by atoms with Crippen molar-refractivity contribution in [2.24, 2.45) is 9.98 Å². The van der Waals surface area contributed by atoms with E-state index in [0.717, 1.165) is 112 Å². The minimum Gasteiger partial charge on any atom is -0.398 e. The molecule has 5 aliphatic heterocycles. The number of para-hydroxylation sites is 7. The molecule has 5 heterocycles. The summed E-state index contributed by atoms with van der Waals surface area (Å²) >= 11 is 38.4. The van der Waals surface area contributed by atoms with Crippen molar-refractivity contribution in [1.82, 2.24) is 10.2 Å². The fourth-order valence-electron chi connectivity index (χ4n) is 12.3. The number of nitrogens with one attached hydrogen (secondary N) is 3. The first-order valence-corrected chi connectivity index (χ1v) is 51.5. The number of aliphatic imine (C=N–C) groups is 2. The second kappa shape index (κ2) is 54.9. The van der Waals surface area contributed by atoms with E-state index in [0.29, 0.717) is 21.2 Å². The number of rotatable bonds is 9. The summed E-state index contributed by atoms with van der Waals surface area (Å²) < 4.78 is 99.9. The molecule has 0 spiro atoms. The van der Waals surface area contributed by atoms with Gasteiger partial charge in [-0.2, -0.15) is 0 Å². The molecule has 0 unspecified atom stereocenters. The van der Waals surface area contributed by atoms with Crippen molar-refractivity contribution in [3.05, 3.63) is 404 Å². The zero-order chi connectivity index (χ0) is 96.8. The van der Waals surface area contributed by atoms with Gasteiger partial charge in [-0.15, -0.1) is 12.6 Å². The van der Waals surface area contributed by atoms with Crippen molar-refractivity contribution < 1.29 is 54.7 Å². The lowest BCUT2D eigenvalue weighted by Gasteiger charge is -2.30. The molecule has 0 atom stereocenters. The Balaban J connectivity index is 0.000000159. The smallest absolute Gasteiger partial charge is 0.339 e. The van der Waals surface area contributed by atoms with Crippen LogP contribution in [0.5, 0.6) is 0 Å². The maximum Gasteiger partial charge on any atom is 0.339 e. The van der Waals surface area contributed by atoms with Crippen LogP contribution in [0.4, 0.5) is 70.5 Å². The third-order valence-corrected chi connectivity index (χ3v) is 26.1. The van der Waals surface area contributed by atoms with Gasteiger partial charge in [0.2, 0.25) is 5.91 Å². The fourth-order valence-corrected chi connectivity index (χ4v) is 18.6. The molecule has 696 valence electrons. The Kier molecular flexibility index (Phi) is 43.3. The molecule has 0 aromatic heterocycles. The van der Waals surface area contributed by atoms with Gasteiger partial charge in [-0.25, -0.2) is 40.7 Å². The van der Waals surface area contributed by atoms with Crippen molar-refractivity contribution >= 4 is 208 Å². The van der Waals surface area contributed by atoms with Gasteiger partial charge in [-0.3, -0.25) is 34.4 Å². The van der Waals surface area contributed by atoms with E-state index in [2.05, 4.69) is 78.3 Å². The number of anilines is 3. The van der Waals surface area contributed by atoms with Crippen LogP contribution in [0, 0.1) is 60.9 Å². The first-order valence-electron chi connectivity index (χ1n) is 40.9. The highest BCUT2D eigenvalue weighted by molar-refractivity contribution is 8.24. The summed E-state index contributed by atoms with van der Waals surface area (Å²) in [5.74, 6) is -1.37. The Morgan fingerprint density at radius 3 is 1.32 bits per heavy atom. The molecule has 16 nitrogen and oxygen atoms in total. The lowest BCUT2D eigenvalue weighted by molar-refractivity contribution is -0.387. The molecule has 2 amide bonds. The summed E-state index contributed by atoms with van der Waals surface area (Å²) in [4.78, 5) is 66.4. The Morgan fingerprint density at radius 1 is 0.452 bits per heavy atom. The molecule has 2 saturated heterocycles. The Morgan fingerprint density at radius 2 is 0.837 bits per heavy atom. The number of hydrogen-bond donors (Lipinski definition) is 5. The van der Waals surface area contributed by atoms with Crippen molar-refractivity contribution in [2.75, 3.05) is 42.5 Å². The molecule has 36 heteroatoms. The number of likely N-dealkylation sites (tertiary alicyclic amines) is 1. The maximum absolute atomic E-state index is 13.8. The maximum atomic E-state index is 13.8. The van der Waals surface area contributed by atoms with E-state index in [1.807, 2.05) is 121 Å². The minimum absolute atomic E-state index is 0.0517. The molecule has 5 aliphatic rings. The number of nitrogens with two attached hydrogens (primary N) is 1. The summed E-state index contributed by atoms with van der Waals surface area (Å²) in [6.45, 7) is 5.97. The first kappa shape index (κ1) is 106. The summed E-state index contributed by atoms with van der Waals surface area (Å²) in [5.41, 5.74) is 11.8. The van der Waals surface area contributed by atoms with Crippen molar-refractivity contribution in [1.29, 1.82) is 0 Å². The van der Waals surface area contributed by atoms with Crippen LogP contribution in [0.2, 0.25) is 5.02 Å². The number of halogens is 12. The number of hydrogen-bond acceptors (Lipinski definition) is 19. The molecular weight excluding hydrogens is 1990 g/mol. The number of benzene rings is 14. The first-order chi connectivity index (χ1) is 64.9. The molecule has 14 aromatic rings. The summed E-state index contributed by atoms with van der Waals surface area (Å²) in [5, 5.41) is 27.1.